The van der Waals surface area contributed by atoms with Gasteiger partial charge in [0.1, 0.15) is 0 Å². The molecule has 4 nitrogen and oxygen atoms in total. The number of carbonyl (C=O) groups is 1. The molecule has 0 N–H and O–H groups in total. The monoisotopic (exact) mass is 366 g/mol. The van der Waals surface area contributed by atoms with Gasteiger partial charge in [0.15, 0.2) is 0 Å². The van der Waals surface area contributed by atoms with E-state index in [0.29, 0.717) is 12.3 Å². The van der Waals surface area contributed by atoms with Crippen LogP contribution in [0.5, 0.6) is 0 Å². The van der Waals surface area contributed by atoms with Crippen LogP contribution in [-0.4, -0.2) is 45.2 Å². The van der Waals surface area contributed by atoms with Crippen LogP contribution < -0.4 is 4.90 Å². The molecule has 0 saturated carbocycles. The van der Waals surface area contributed by atoms with E-state index in [4.69, 9.17) is 4.74 Å². The molecule has 0 spiro atoms. The van der Waals surface area contributed by atoms with Crippen molar-refractivity contribution in [2.24, 2.45) is 0 Å². The number of aryl methyl sites for hydroxylation is 1. The number of benzene rings is 1. The number of carbonyl (C=O) groups excluding carboxylic acids is 1. The van der Waals surface area contributed by atoms with Gasteiger partial charge in [0.05, 0.1) is 0 Å². The summed E-state index contributed by atoms with van der Waals surface area (Å²) in [5, 5.41) is 0. The van der Waals surface area contributed by atoms with Crippen molar-refractivity contribution in [1.82, 2.24) is 4.98 Å². The Bertz CT molecular complexity index is 631. The van der Waals surface area contributed by atoms with Crippen LogP contribution in [0, 0.1) is 6.92 Å². The van der Waals surface area contributed by atoms with Crippen LogP contribution in [0.1, 0.15) is 36.8 Å². The van der Waals surface area contributed by atoms with Crippen LogP contribution in [0.2, 0.25) is 0 Å². The number of hydrogen-bond acceptors (Lipinski definition) is 4. The molecule has 5 heteroatoms. The summed E-state index contributed by atoms with van der Waals surface area (Å²) in [6.07, 6.45) is 0. The molecule has 22 heavy (non-hydrogen) atoms. The van der Waals surface area contributed by atoms with Gasteiger partial charge in [-0.05, 0) is 0 Å². The van der Waals surface area contributed by atoms with Crippen LogP contribution in [-0.2, 0) is 4.74 Å². The molecule has 1 aromatic heterocycles. The molecule has 1 heterocycles. The average molecular weight is 365 g/mol. The van der Waals surface area contributed by atoms with Crippen molar-refractivity contribution in [2.75, 3.05) is 24.6 Å². The Hall–Kier alpha value is -1.58. The van der Waals surface area contributed by atoms with Gasteiger partial charge in [-0.25, -0.2) is 0 Å². The zero-order valence-corrected chi connectivity index (χ0v) is 15.3. The number of nitrogens with zero attached hydrogens (tertiary/aromatic N) is 2. The predicted molar refractivity (Wildman–Crippen MR) is 90.9 cm³/mol. The second-order valence-corrected chi connectivity index (χ2v) is 6.98. The van der Waals surface area contributed by atoms with Crippen molar-refractivity contribution >= 4 is 25.2 Å². The zero-order valence-electron chi connectivity index (χ0n) is 13.5. The first kappa shape index (κ1) is 16.8. The predicted octanol–water partition coefficient (Wildman–Crippen LogP) is 3.14. The van der Waals surface area contributed by atoms with Crippen LogP contribution in [0.15, 0.2) is 24.3 Å². The number of ether oxygens (including phenoxy) is 1. The minimum absolute atomic E-state index is 0.0311. The molecule has 2 rings (SSSR count). The van der Waals surface area contributed by atoms with Crippen LogP contribution in [0.3, 0.4) is 0 Å². The quantitative estimate of drug-likeness (QED) is 0.583. The van der Waals surface area contributed by atoms with Crippen LogP contribution in [0.25, 0.3) is 10.0 Å². The molecule has 1 aromatic carbocycles. The summed E-state index contributed by atoms with van der Waals surface area (Å²) in [6, 6.07) is 8.26. The van der Waals surface area contributed by atoms with Gasteiger partial charge >= 0.3 is 137 Å². The van der Waals surface area contributed by atoms with E-state index in [2.05, 4.69) is 54.9 Å². The second kappa shape index (κ2) is 7.61. The van der Waals surface area contributed by atoms with E-state index in [9.17, 15) is 4.79 Å². The molecule has 2 aromatic rings. The normalized spacial score (nSPS) is 10.5. The van der Waals surface area contributed by atoms with Gasteiger partial charge in [0, 0.05) is 0 Å². The van der Waals surface area contributed by atoms with E-state index >= 15 is 0 Å². The van der Waals surface area contributed by atoms with Gasteiger partial charge in [-0.1, -0.05) is 0 Å². The Morgan fingerprint density at radius 3 is 2.36 bits per heavy atom. The molecular formula is C17H22N2O2Se. The Morgan fingerprint density at radius 1 is 1.18 bits per heavy atom. The molecule has 118 valence electrons. The fourth-order valence-electron chi connectivity index (χ4n) is 2.18. The summed E-state index contributed by atoms with van der Waals surface area (Å²) in [7, 11) is 0. The number of hydrogen-bond donors (Lipinski definition) is 0. The third-order valence-corrected chi connectivity index (χ3v) is 5.88. The molecular weight excluding hydrogens is 343 g/mol. The van der Waals surface area contributed by atoms with Crippen molar-refractivity contribution in [3.8, 4) is 10.0 Å². The standard InChI is InChI=1S/C17H22N2O2Se/c1-5-19(6-2)17-18-14(16(20)21-7-3)15(22-17)13-10-8-12(4)9-11-13/h8-11H,5-7H2,1-4H3. The molecule has 0 unspecified atom stereocenters. The third-order valence-electron chi connectivity index (χ3n) is 3.43. The fraction of sp³-hybridized carbons (Fsp3) is 0.412. The Labute approximate surface area is 137 Å². The van der Waals surface area contributed by atoms with E-state index in [0.717, 1.165) is 27.8 Å². The van der Waals surface area contributed by atoms with Gasteiger partial charge in [0.25, 0.3) is 0 Å². The van der Waals surface area contributed by atoms with Crippen LogP contribution >= 0.6 is 0 Å². The van der Waals surface area contributed by atoms with Gasteiger partial charge in [0.2, 0.25) is 0 Å². The first-order valence-electron chi connectivity index (χ1n) is 7.60. The topological polar surface area (TPSA) is 42.4 Å². The van der Waals surface area contributed by atoms with Crippen molar-refractivity contribution in [3.63, 3.8) is 0 Å². The first-order chi connectivity index (χ1) is 10.6. The summed E-state index contributed by atoms with van der Waals surface area (Å²) in [4.78, 5) is 19.1. The summed E-state index contributed by atoms with van der Waals surface area (Å²) in [5.74, 6) is -0.317. The third kappa shape index (κ3) is 3.60. The SMILES string of the molecule is CCOC(=O)c1nc(N(CC)CC)[se]c1-c1ccc(C)cc1. The minimum atomic E-state index is -0.317. The fourth-order valence-corrected chi connectivity index (χ4v) is 4.67. The molecule has 0 radical (unpaired) electrons. The Balaban J connectivity index is 2.49. The van der Waals surface area contributed by atoms with E-state index < -0.39 is 0 Å². The van der Waals surface area contributed by atoms with Gasteiger partial charge in [-0.15, -0.1) is 0 Å². The van der Waals surface area contributed by atoms with Crippen LogP contribution in [0.4, 0.5) is 4.69 Å². The molecule has 0 atom stereocenters. The summed E-state index contributed by atoms with van der Waals surface area (Å²) >= 11 is 0.0311. The van der Waals surface area contributed by atoms with Crippen molar-refractivity contribution in [1.29, 1.82) is 0 Å². The van der Waals surface area contributed by atoms with E-state index in [-0.39, 0.29) is 20.5 Å². The van der Waals surface area contributed by atoms with Gasteiger partial charge < -0.3 is 0 Å². The molecule has 0 aliphatic carbocycles. The maximum absolute atomic E-state index is 12.2. The van der Waals surface area contributed by atoms with E-state index in [1.165, 1.54) is 5.56 Å². The summed E-state index contributed by atoms with van der Waals surface area (Å²) in [6.45, 7) is 10.3. The second-order valence-electron chi connectivity index (χ2n) is 4.93. The number of rotatable bonds is 6. The summed E-state index contributed by atoms with van der Waals surface area (Å²) < 4.78 is 7.22. The average Bonchev–Trinajstić information content (AvgIpc) is 2.95. The molecule has 0 aliphatic heterocycles. The molecule has 0 fully saturated rings. The molecule has 0 saturated heterocycles. The zero-order chi connectivity index (χ0) is 16.1. The number of esters is 1. The molecule has 0 aliphatic rings. The Morgan fingerprint density at radius 2 is 1.82 bits per heavy atom. The Kier molecular flexibility index (Phi) is 5.81. The van der Waals surface area contributed by atoms with Crippen molar-refractivity contribution in [3.05, 3.63) is 35.5 Å². The van der Waals surface area contributed by atoms with Crippen molar-refractivity contribution < 1.29 is 9.53 Å². The van der Waals surface area contributed by atoms with Gasteiger partial charge in [-0.2, -0.15) is 0 Å². The van der Waals surface area contributed by atoms with Gasteiger partial charge in [-0.3, -0.25) is 0 Å². The summed E-state index contributed by atoms with van der Waals surface area (Å²) in [5.41, 5.74) is 2.75. The van der Waals surface area contributed by atoms with E-state index in [1.54, 1.807) is 0 Å². The number of anilines is 1. The van der Waals surface area contributed by atoms with E-state index in [1.807, 2.05) is 6.92 Å². The molecule has 0 bridgehead atoms. The van der Waals surface area contributed by atoms with Crippen molar-refractivity contribution in [2.45, 2.75) is 27.7 Å². The number of aromatic nitrogens is 1. The first-order valence-corrected chi connectivity index (χ1v) is 9.31. The maximum atomic E-state index is 12.2. The molecule has 0 amide bonds.